The highest BCUT2D eigenvalue weighted by atomic mass is 16.3. The summed E-state index contributed by atoms with van der Waals surface area (Å²) < 4.78 is 0. The average molecular weight is 157 g/mol. The molecule has 0 aromatic rings. The molecule has 2 unspecified atom stereocenters. The topological polar surface area (TPSA) is 32.3 Å². The second kappa shape index (κ2) is 4.73. The third-order valence-electron chi connectivity index (χ3n) is 2.60. The van der Waals surface area contributed by atoms with Gasteiger partial charge in [0, 0.05) is 12.6 Å². The SMILES string of the molecule is CC1CCCC1NCCCO. The van der Waals surface area contributed by atoms with Crippen LogP contribution in [0.3, 0.4) is 0 Å². The third-order valence-corrected chi connectivity index (χ3v) is 2.60. The van der Waals surface area contributed by atoms with Crippen LogP contribution in [-0.2, 0) is 0 Å². The Morgan fingerprint density at radius 3 is 2.82 bits per heavy atom. The lowest BCUT2D eigenvalue weighted by Crippen LogP contribution is -2.32. The van der Waals surface area contributed by atoms with Gasteiger partial charge < -0.3 is 10.4 Å². The van der Waals surface area contributed by atoms with Crippen LogP contribution in [0.4, 0.5) is 0 Å². The van der Waals surface area contributed by atoms with Gasteiger partial charge in [-0.3, -0.25) is 0 Å². The van der Waals surface area contributed by atoms with E-state index < -0.39 is 0 Å². The normalized spacial score (nSPS) is 31.1. The monoisotopic (exact) mass is 157 g/mol. The van der Waals surface area contributed by atoms with E-state index >= 15 is 0 Å². The summed E-state index contributed by atoms with van der Waals surface area (Å²) in [6, 6.07) is 0.724. The predicted molar refractivity (Wildman–Crippen MR) is 46.5 cm³/mol. The molecule has 0 aromatic heterocycles. The molecular weight excluding hydrogens is 138 g/mol. The van der Waals surface area contributed by atoms with Gasteiger partial charge in [0.15, 0.2) is 0 Å². The quantitative estimate of drug-likeness (QED) is 0.600. The van der Waals surface area contributed by atoms with Gasteiger partial charge in [0.2, 0.25) is 0 Å². The molecule has 1 aliphatic rings. The summed E-state index contributed by atoms with van der Waals surface area (Å²) in [5.41, 5.74) is 0. The molecule has 0 spiro atoms. The largest absolute Gasteiger partial charge is 0.396 e. The molecule has 11 heavy (non-hydrogen) atoms. The fraction of sp³-hybridized carbons (Fsp3) is 1.00. The highest BCUT2D eigenvalue weighted by Crippen LogP contribution is 2.24. The number of aliphatic hydroxyl groups is 1. The van der Waals surface area contributed by atoms with Crippen LogP contribution in [0.1, 0.15) is 32.6 Å². The Morgan fingerprint density at radius 1 is 1.45 bits per heavy atom. The van der Waals surface area contributed by atoms with Crippen molar-refractivity contribution in [2.45, 2.75) is 38.6 Å². The predicted octanol–water partition coefficient (Wildman–Crippen LogP) is 1.15. The van der Waals surface area contributed by atoms with Crippen LogP contribution in [0.15, 0.2) is 0 Å². The molecule has 1 rings (SSSR count). The van der Waals surface area contributed by atoms with Gasteiger partial charge in [-0.2, -0.15) is 0 Å². The molecule has 0 saturated heterocycles. The van der Waals surface area contributed by atoms with Crippen LogP contribution in [0.5, 0.6) is 0 Å². The zero-order valence-electron chi connectivity index (χ0n) is 7.34. The summed E-state index contributed by atoms with van der Waals surface area (Å²) in [6.07, 6.45) is 4.96. The summed E-state index contributed by atoms with van der Waals surface area (Å²) in [5, 5.41) is 12.0. The van der Waals surface area contributed by atoms with Crippen LogP contribution in [0.25, 0.3) is 0 Å². The van der Waals surface area contributed by atoms with E-state index in [0.717, 1.165) is 24.9 Å². The average Bonchev–Trinajstić information content (AvgIpc) is 2.37. The van der Waals surface area contributed by atoms with Gasteiger partial charge in [0.05, 0.1) is 0 Å². The van der Waals surface area contributed by atoms with Crippen molar-refractivity contribution in [2.75, 3.05) is 13.2 Å². The Morgan fingerprint density at radius 2 is 2.27 bits per heavy atom. The Kier molecular flexibility index (Phi) is 3.87. The molecule has 2 nitrogen and oxygen atoms in total. The first-order valence-electron chi connectivity index (χ1n) is 4.69. The van der Waals surface area contributed by atoms with E-state index in [1.165, 1.54) is 19.3 Å². The molecule has 0 aliphatic heterocycles. The number of hydrogen-bond donors (Lipinski definition) is 2. The van der Waals surface area contributed by atoms with E-state index in [2.05, 4.69) is 12.2 Å². The van der Waals surface area contributed by atoms with Crippen LogP contribution < -0.4 is 5.32 Å². The Bertz CT molecular complexity index is 106. The maximum atomic E-state index is 8.57. The van der Waals surface area contributed by atoms with Crippen molar-refractivity contribution in [3.63, 3.8) is 0 Å². The molecular formula is C9H19NO. The molecule has 2 atom stereocenters. The van der Waals surface area contributed by atoms with Crippen LogP contribution >= 0.6 is 0 Å². The first kappa shape index (κ1) is 9.01. The molecule has 0 amide bonds. The molecule has 0 bridgehead atoms. The van der Waals surface area contributed by atoms with Gasteiger partial charge in [0.25, 0.3) is 0 Å². The van der Waals surface area contributed by atoms with Gasteiger partial charge in [-0.05, 0) is 31.7 Å². The highest BCUT2D eigenvalue weighted by molar-refractivity contribution is 4.79. The maximum absolute atomic E-state index is 8.57. The number of nitrogens with one attached hydrogen (secondary N) is 1. The molecule has 0 aromatic carbocycles. The minimum absolute atomic E-state index is 0.314. The minimum atomic E-state index is 0.314. The van der Waals surface area contributed by atoms with Crippen LogP contribution in [0, 0.1) is 5.92 Å². The molecule has 2 N–H and O–H groups in total. The van der Waals surface area contributed by atoms with Gasteiger partial charge >= 0.3 is 0 Å². The lowest BCUT2D eigenvalue weighted by molar-refractivity contribution is 0.280. The Labute approximate surface area is 69.0 Å². The Balaban J connectivity index is 2.05. The van der Waals surface area contributed by atoms with E-state index in [1.54, 1.807) is 0 Å². The van der Waals surface area contributed by atoms with Crippen molar-refractivity contribution < 1.29 is 5.11 Å². The number of hydrogen-bond acceptors (Lipinski definition) is 2. The summed E-state index contributed by atoms with van der Waals surface area (Å²) in [6.45, 7) is 3.60. The van der Waals surface area contributed by atoms with Crippen molar-refractivity contribution in [3.05, 3.63) is 0 Å². The highest BCUT2D eigenvalue weighted by Gasteiger charge is 2.21. The number of rotatable bonds is 4. The second-order valence-corrected chi connectivity index (χ2v) is 3.55. The van der Waals surface area contributed by atoms with Crippen molar-refractivity contribution in [1.82, 2.24) is 5.32 Å². The van der Waals surface area contributed by atoms with Crippen molar-refractivity contribution >= 4 is 0 Å². The zero-order chi connectivity index (χ0) is 8.10. The maximum Gasteiger partial charge on any atom is 0.0443 e. The summed E-state index contributed by atoms with van der Waals surface area (Å²) in [4.78, 5) is 0. The summed E-state index contributed by atoms with van der Waals surface area (Å²) in [7, 11) is 0. The van der Waals surface area contributed by atoms with Crippen molar-refractivity contribution in [3.8, 4) is 0 Å². The lowest BCUT2D eigenvalue weighted by atomic mass is 10.1. The van der Waals surface area contributed by atoms with E-state index in [-0.39, 0.29) is 0 Å². The summed E-state index contributed by atoms with van der Waals surface area (Å²) in [5.74, 6) is 0.841. The second-order valence-electron chi connectivity index (χ2n) is 3.55. The molecule has 1 aliphatic carbocycles. The Hall–Kier alpha value is -0.0800. The molecule has 1 fully saturated rings. The van der Waals surface area contributed by atoms with E-state index in [9.17, 15) is 0 Å². The zero-order valence-corrected chi connectivity index (χ0v) is 7.34. The summed E-state index contributed by atoms with van der Waals surface area (Å²) >= 11 is 0. The molecule has 2 heteroatoms. The van der Waals surface area contributed by atoms with Gasteiger partial charge in [-0.1, -0.05) is 13.3 Å². The van der Waals surface area contributed by atoms with Gasteiger partial charge in [-0.25, -0.2) is 0 Å². The molecule has 0 heterocycles. The van der Waals surface area contributed by atoms with E-state index in [1.807, 2.05) is 0 Å². The fourth-order valence-corrected chi connectivity index (χ4v) is 1.82. The molecule has 0 radical (unpaired) electrons. The first-order chi connectivity index (χ1) is 5.34. The molecule has 1 saturated carbocycles. The third kappa shape index (κ3) is 2.80. The lowest BCUT2D eigenvalue weighted by Gasteiger charge is -2.16. The first-order valence-corrected chi connectivity index (χ1v) is 4.69. The standard InChI is InChI=1S/C9H19NO/c1-8-4-2-5-9(8)10-6-3-7-11/h8-11H,2-7H2,1H3. The number of aliphatic hydroxyl groups excluding tert-OH is 1. The van der Waals surface area contributed by atoms with E-state index in [4.69, 9.17) is 5.11 Å². The molecule has 66 valence electrons. The van der Waals surface area contributed by atoms with E-state index in [0.29, 0.717) is 6.61 Å². The minimum Gasteiger partial charge on any atom is -0.396 e. The van der Waals surface area contributed by atoms with Crippen molar-refractivity contribution in [2.24, 2.45) is 5.92 Å². The van der Waals surface area contributed by atoms with Crippen molar-refractivity contribution in [1.29, 1.82) is 0 Å². The van der Waals surface area contributed by atoms with Crippen LogP contribution in [-0.4, -0.2) is 24.3 Å². The van der Waals surface area contributed by atoms with Gasteiger partial charge in [0.1, 0.15) is 0 Å². The smallest absolute Gasteiger partial charge is 0.0443 e. The fourth-order valence-electron chi connectivity index (χ4n) is 1.82. The van der Waals surface area contributed by atoms with Gasteiger partial charge in [-0.15, -0.1) is 0 Å². The van der Waals surface area contributed by atoms with Crippen LogP contribution in [0.2, 0.25) is 0 Å².